The van der Waals surface area contributed by atoms with Gasteiger partial charge in [-0.1, -0.05) is 18.2 Å². The Hall–Kier alpha value is -1.79. The van der Waals surface area contributed by atoms with Crippen molar-refractivity contribution in [3.8, 4) is 0 Å². The second kappa shape index (κ2) is 7.66. The Morgan fingerprint density at radius 1 is 1.26 bits per heavy atom. The van der Waals surface area contributed by atoms with E-state index >= 15 is 0 Å². The first-order chi connectivity index (χ1) is 11.2. The van der Waals surface area contributed by atoms with Crippen LogP contribution in [0.15, 0.2) is 39.5 Å². The highest BCUT2D eigenvalue weighted by atomic mass is 32.2. The SMILES string of the molecule is O=C(NCCSC1CCOCC1)c1cc2ccccc2oc1=O. The third kappa shape index (κ3) is 4.14. The minimum atomic E-state index is -0.599. The van der Waals surface area contributed by atoms with Crippen molar-refractivity contribution < 1.29 is 13.9 Å². The second-order valence-electron chi connectivity index (χ2n) is 5.42. The number of ether oxygens (including phenoxy) is 1. The van der Waals surface area contributed by atoms with Crippen molar-refractivity contribution >= 4 is 28.6 Å². The van der Waals surface area contributed by atoms with Crippen LogP contribution in [0.5, 0.6) is 0 Å². The Morgan fingerprint density at radius 3 is 2.87 bits per heavy atom. The third-order valence-electron chi connectivity index (χ3n) is 3.80. The maximum absolute atomic E-state index is 12.2. The molecule has 23 heavy (non-hydrogen) atoms. The first kappa shape index (κ1) is 16.1. The Morgan fingerprint density at radius 2 is 2.04 bits per heavy atom. The van der Waals surface area contributed by atoms with E-state index in [4.69, 9.17) is 9.15 Å². The molecule has 1 saturated heterocycles. The zero-order chi connectivity index (χ0) is 16.1. The number of carbonyl (C=O) groups is 1. The number of hydrogen-bond donors (Lipinski definition) is 1. The number of fused-ring (bicyclic) bond motifs is 1. The van der Waals surface area contributed by atoms with Gasteiger partial charge in [0.2, 0.25) is 0 Å². The normalized spacial score (nSPS) is 15.7. The molecule has 0 radical (unpaired) electrons. The molecular weight excluding hydrogens is 314 g/mol. The summed E-state index contributed by atoms with van der Waals surface area (Å²) in [5, 5.41) is 4.14. The summed E-state index contributed by atoms with van der Waals surface area (Å²) < 4.78 is 10.5. The Bertz CT molecular complexity index is 737. The second-order valence-corrected chi connectivity index (χ2v) is 6.83. The van der Waals surface area contributed by atoms with Gasteiger partial charge in [0.15, 0.2) is 0 Å². The lowest BCUT2D eigenvalue weighted by molar-refractivity contribution is 0.0951. The van der Waals surface area contributed by atoms with Gasteiger partial charge in [0.25, 0.3) is 5.91 Å². The topological polar surface area (TPSA) is 68.5 Å². The highest BCUT2D eigenvalue weighted by molar-refractivity contribution is 7.99. The predicted octanol–water partition coefficient (Wildman–Crippen LogP) is 2.44. The van der Waals surface area contributed by atoms with E-state index in [0.29, 0.717) is 17.4 Å². The summed E-state index contributed by atoms with van der Waals surface area (Å²) in [6.07, 6.45) is 2.12. The molecular formula is C17H19NO4S. The number of thioether (sulfide) groups is 1. The predicted molar refractivity (Wildman–Crippen MR) is 91.1 cm³/mol. The molecule has 5 nitrogen and oxygen atoms in total. The van der Waals surface area contributed by atoms with Crippen LogP contribution in [0.3, 0.4) is 0 Å². The number of hydrogen-bond acceptors (Lipinski definition) is 5. The average molecular weight is 333 g/mol. The molecule has 0 spiro atoms. The summed E-state index contributed by atoms with van der Waals surface area (Å²) in [5.41, 5.74) is -0.0535. The number of nitrogens with one attached hydrogen (secondary N) is 1. The molecule has 6 heteroatoms. The van der Waals surface area contributed by atoms with E-state index in [-0.39, 0.29) is 11.5 Å². The summed E-state index contributed by atoms with van der Waals surface area (Å²) in [5.74, 6) is 0.451. The molecule has 0 aliphatic carbocycles. The fourth-order valence-corrected chi connectivity index (χ4v) is 3.63. The first-order valence-corrected chi connectivity index (χ1v) is 8.79. The van der Waals surface area contributed by atoms with Gasteiger partial charge in [-0.3, -0.25) is 4.79 Å². The van der Waals surface area contributed by atoms with Gasteiger partial charge in [-0.2, -0.15) is 11.8 Å². The monoisotopic (exact) mass is 333 g/mol. The summed E-state index contributed by atoms with van der Waals surface area (Å²) >= 11 is 1.85. The molecule has 0 bridgehead atoms. The van der Waals surface area contributed by atoms with Gasteiger partial charge in [-0.25, -0.2) is 4.79 Å². The highest BCUT2D eigenvalue weighted by Crippen LogP contribution is 2.21. The van der Waals surface area contributed by atoms with Crippen molar-refractivity contribution in [3.63, 3.8) is 0 Å². The number of amides is 1. The van der Waals surface area contributed by atoms with Gasteiger partial charge in [-0.15, -0.1) is 0 Å². The first-order valence-electron chi connectivity index (χ1n) is 7.74. The molecule has 1 aliphatic heterocycles. The van der Waals surface area contributed by atoms with Crippen LogP contribution in [0.2, 0.25) is 0 Å². The molecule has 0 atom stereocenters. The van der Waals surface area contributed by atoms with Crippen molar-refractivity contribution in [2.45, 2.75) is 18.1 Å². The van der Waals surface area contributed by atoms with Crippen molar-refractivity contribution in [1.29, 1.82) is 0 Å². The molecule has 1 aromatic heterocycles. The fourth-order valence-electron chi connectivity index (χ4n) is 2.55. The van der Waals surface area contributed by atoms with Gasteiger partial charge in [0.05, 0.1) is 0 Å². The number of para-hydroxylation sites is 1. The standard InChI is InChI=1S/C17H19NO4S/c19-16(18-7-10-23-13-5-8-21-9-6-13)14-11-12-3-1-2-4-15(12)22-17(14)20/h1-4,11,13H,5-10H2,(H,18,19). The molecule has 1 aliphatic rings. The molecule has 1 N–H and O–H groups in total. The maximum Gasteiger partial charge on any atom is 0.349 e. The van der Waals surface area contributed by atoms with Gasteiger partial charge in [-0.05, 0) is 25.0 Å². The lowest BCUT2D eigenvalue weighted by atomic mass is 10.2. The van der Waals surface area contributed by atoms with E-state index in [1.54, 1.807) is 18.2 Å². The number of rotatable bonds is 5. The van der Waals surface area contributed by atoms with Crippen LogP contribution in [0, 0.1) is 0 Å². The molecule has 122 valence electrons. The van der Waals surface area contributed by atoms with Gasteiger partial charge < -0.3 is 14.5 Å². The largest absolute Gasteiger partial charge is 0.422 e. The van der Waals surface area contributed by atoms with Crippen LogP contribution < -0.4 is 10.9 Å². The summed E-state index contributed by atoms with van der Waals surface area (Å²) in [6, 6.07) is 8.74. The van der Waals surface area contributed by atoms with Gasteiger partial charge in [0, 0.05) is 36.1 Å². The van der Waals surface area contributed by atoms with Crippen LogP contribution in [0.1, 0.15) is 23.2 Å². The zero-order valence-corrected chi connectivity index (χ0v) is 13.6. The fraction of sp³-hybridized carbons (Fsp3) is 0.412. The summed E-state index contributed by atoms with van der Waals surface area (Å²) in [4.78, 5) is 24.1. The molecule has 1 fully saturated rings. The quantitative estimate of drug-likeness (QED) is 0.672. The van der Waals surface area contributed by atoms with Gasteiger partial charge >= 0.3 is 5.63 Å². The van der Waals surface area contributed by atoms with Crippen LogP contribution in [-0.4, -0.2) is 36.7 Å². The zero-order valence-electron chi connectivity index (χ0n) is 12.7. The third-order valence-corrected chi connectivity index (χ3v) is 5.18. The van der Waals surface area contributed by atoms with Crippen molar-refractivity contribution in [2.75, 3.05) is 25.5 Å². The van der Waals surface area contributed by atoms with Crippen molar-refractivity contribution in [1.82, 2.24) is 5.32 Å². The molecule has 3 rings (SSSR count). The Kier molecular flexibility index (Phi) is 5.35. The molecule has 1 amide bonds. The lowest BCUT2D eigenvalue weighted by Crippen LogP contribution is -2.30. The van der Waals surface area contributed by atoms with E-state index in [0.717, 1.165) is 37.2 Å². The maximum atomic E-state index is 12.2. The van der Waals surface area contributed by atoms with Crippen molar-refractivity contribution in [2.24, 2.45) is 0 Å². The lowest BCUT2D eigenvalue weighted by Gasteiger charge is -2.21. The van der Waals surface area contributed by atoms with E-state index in [9.17, 15) is 9.59 Å². The minimum absolute atomic E-state index is 0.0553. The smallest absolute Gasteiger partial charge is 0.349 e. The molecule has 1 aromatic carbocycles. The molecule has 0 saturated carbocycles. The molecule has 0 unspecified atom stereocenters. The van der Waals surface area contributed by atoms with E-state index in [1.165, 1.54) is 0 Å². The molecule has 2 aromatic rings. The van der Waals surface area contributed by atoms with Crippen molar-refractivity contribution in [3.05, 3.63) is 46.3 Å². The average Bonchev–Trinajstić information content (AvgIpc) is 2.59. The van der Waals surface area contributed by atoms with Crippen LogP contribution in [0.4, 0.5) is 0 Å². The van der Waals surface area contributed by atoms with Crippen LogP contribution >= 0.6 is 11.8 Å². The highest BCUT2D eigenvalue weighted by Gasteiger charge is 2.15. The number of benzene rings is 1. The minimum Gasteiger partial charge on any atom is -0.422 e. The summed E-state index contributed by atoms with van der Waals surface area (Å²) in [6.45, 7) is 2.18. The van der Waals surface area contributed by atoms with E-state index < -0.39 is 5.63 Å². The van der Waals surface area contributed by atoms with E-state index in [2.05, 4.69) is 5.32 Å². The van der Waals surface area contributed by atoms with Crippen LogP contribution in [0.25, 0.3) is 11.0 Å². The molecule has 2 heterocycles. The van der Waals surface area contributed by atoms with E-state index in [1.807, 2.05) is 23.9 Å². The Balaban J connectivity index is 1.55. The van der Waals surface area contributed by atoms with Gasteiger partial charge in [0.1, 0.15) is 11.1 Å². The summed E-state index contributed by atoms with van der Waals surface area (Å²) in [7, 11) is 0. The number of carbonyl (C=O) groups excluding carboxylic acids is 1. The van der Waals surface area contributed by atoms with Crippen LogP contribution in [-0.2, 0) is 4.74 Å². The Labute approximate surface area is 138 Å².